The van der Waals surface area contributed by atoms with Crippen LogP contribution in [0, 0.1) is 0 Å². The van der Waals surface area contributed by atoms with Crippen LogP contribution in [-0.2, 0) is 4.79 Å². The Hall–Kier alpha value is -0.480. The summed E-state index contributed by atoms with van der Waals surface area (Å²) in [5.41, 5.74) is 0. The van der Waals surface area contributed by atoms with Gasteiger partial charge in [-0.05, 0) is 0 Å². The van der Waals surface area contributed by atoms with Crippen molar-refractivity contribution in [3.63, 3.8) is 0 Å². The molecule has 0 unspecified atom stereocenters. The van der Waals surface area contributed by atoms with Gasteiger partial charge < -0.3 is 10.2 Å². The number of Topliss-reactive ketones (excluding diaryl/α,β-unsaturated/α-hetero) is 1. The average molecular weight is 136 g/mol. The molecule has 3 nitrogen and oxygen atoms in total. The minimum atomic E-state index is -1.25. The van der Waals surface area contributed by atoms with E-state index in [2.05, 4.69) is 0 Å². The second-order valence-electron chi connectivity index (χ2n) is 1.71. The Labute approximate surface area is 52.1 Å². The van der Waals surface area contributed by atoms with E-state index >= 15 is 0 Å². The molecule has 0 amide bonds. The maximum absolute atomic E-state index is 11.4. The third kappa shape index (κ3) is 4.05. The molecule has 0 aliphatic heterocycles. The van der Waals surface area contributed by atoms with Gasteiger partial charge in [0.25, 0.3) is 0 Å². The lowest BCUT2D eigenvalue weighted by Gasteiger charge is -2.00. The summed E-state index contributed by atoms with van der Waals surface area (Å²) in [6.07, 6.45) is -1.54. The van der Waals surface area contributed by atoms with E-state index in [-0.39, 0.29) is 6.42 Å². The van der Waals surface area contributed by atoms with Crippen molar-refractivity contribution in [2.75, 3.05) is 13.3 Å². The third-order valence-corrected chi connectivity index (χ3v) is 0.818. The number of alkyl halides is 1. The standard InChI is InChI=1S/C5H9FO3/c6-2-4(8)1-5(9)3-7/h4,7-8H,1-3H2/t4-/m0/s1. The van der Waals surface area contributed by atoms with Gasteiger partial charge in [-0.2, -0.15) is 0 Å². The molecule has 0 saturated carbocycles. The molecular formula is C5H9FO3. The van der Waals surface area contributed by atoms with E-state index in [0.29, 0.717) is 0 Å². The number of aliphatic hydroxyl groups is 2. The monoisotopic (exact) mass is 136 g/mol. The van der Waals surface area contributed by atoms with Crippen molar-refractivity contribution in [1.29, 1.82) is 0 Å². The first-order chi connectivity index (χ1) is 4.20. The molecule has 9 heavy (non-hydrogen) atoms. The number of hydrogen-bond donors (Lipinski definition) is 2. The number of hydrogen-bond acceptors (Lipinski definition) is 3. The molecule has 4 heteroatoms. The second kappa shape index (κ2) is 4.40. The van der Waals surface area contributed by atoms with Gasteiger partial charge in [-0.15, -0.1) is 0 Å². The zero-order valence-electron chi connectivity index (χ0n) is 4.88. The van der Waals surface area contributed by atoms with Crippen LogP contribution in [0.25, 0.3) is 0 Å². The number of halogens is 1. The van der Waals surface area contributed by atoms with Gasteiger partial charge in [-0.3, -0.25) is 4.79 Å². The quantitative estimate of drug-likeness (QED) is 0.535. The first kappa shape index (κ1) is 8.52. The van der Waals surface area contributed by atoms with Gasteiger partial charge in [0.2, 0.25) is 0 Å². The molecule has 0 aromatic rings. The number of carbonyl (C=O) groups excluding carboxylic acids is 1. The maximum Gasteiger partial charge on any atom is 0.160 e. The lowest BCUT2D eigenvalue weighted by atomic mass is 10.2. The SMILES string of the molecule is O=C(CO)C[C@H](O)CF. The lowest BCUT2D eigenvalue weighted by Crippen LogP contribution is -2.17. The fourth-order valence-corrected chi connectivity index (χ4v) is 0.382. The smallest absolute Gasteiger partial charge is 0.160 e. The molecule has 0 aliphatic rings. The summed E-state index contributed by atoms with van der Waals surface area (Å²) in [6, 6.07) is 0. The summed E-state index contributed by atoms with van der Waals surface area (Å²) in [6.45, 7) is -1.57. The van der Waals surface area contributed by atoms with Crippen LogP contribution in [0.1, 0.15) is 6.42 Å². The van der Waals surface area contributed by atoms with E-state index in [4.69, 9.17) is 10.2 Å². The van der Waals surface area contributed by atoms with E-state index in [1.165, 1.54) is 0 Å². The first-order valence-corrected chi connectivity index (χ1v) is 2.57. The summed E-state index contributed by atoms with van der Waals surface area (Å²) < 4.78 is 11.4. The van der Waals surface area contributed by atoms with Gasteiger partial charge in [0, 0.05) is 6.42 Å². The van der Waals surface area contributed by atoms with Crippen molar-refractivity contribution >= 4 is 5.78 Å². The topological polar surface area (TPSA) is 57.5 Å². The van der Waals surface area contributed by atoms with E-state index in [9.17, 15) is 9.18 Å². The zero-order valence-corrected chi connectivity index (χ0v) is 4.88. The molecule has 0 rings (SSSR count). The highest BCUT2D eigenvalue weighted by Gasteiger charge is 2.07. The fraction of sp³-hybridized carbons (Fsp3) is 0.800. The molecule has 0 heterocycles. The Kier molecular flexibility index (Phi) is 4.17. The molecule has 0 radical (unpaired) electrons. The average Bonchev–Trinajstić information content (AvgIpc) is 1.87. The Morgan fingerprint density at radius 2 is 2.22 bits per heavy atom. The summed E-state index contributed by atoms with van der Waals surface area (Å²) >= 11 is 0. The number of ketones is 1. The molecule has 0 aliphatic carbocycles. The van der Waals surface area contributed by atoms with Crippen molar-refractivity contribution < 1.29 is 19.4 Å². The van der Waals surface area contributed by atoms with Crippen LogP contribution < -0.4 is 0 Å². The minimum Gasteiger partial charge on any atom is -0.390 e. The van der Waals surface area contributed by atoms with Crippen LogP contribution in [0.15, 0.2) is 0 Å². The van der Waals surface area contributed by atoms with Crippen molar-refractivity contribution in [1.82, 2.24) is 0 Å². The van der Waals surface area contributed by atoms with Crippen molar-refractivity contribution in [3.05, 3.63) is 0 Å². The van der Waals surface area contributed by atoms with Gasteiger partial charge in [-0.25, -0.2) is 4.39 Å². The molecule has 0 aromatic carbocycles. The Morgan fingerprint density at radius 3 is 2.56 bits per heavy atom. The summed E-state index contributed by atoms with van der Waals surface area (Å²) in [4.78, 5) is 10.2. The second-order valence-corrected chi connectivity index (χ2v) is 1.71. The van der Waals surface area contributed by atoms with E-state index < -0.39 is 25.2 Å². The lowest BCUT2D eigenvalue weighted by molar-refractivity contribution is -0.123. The molecule has 0 aromatic heterocycles. The van der Waals surface area contributed by atoms with E-state index in [1.54, 1.807) is 0 Å². The summed E-state index contributed by atoms with van der Waals surface area (Å²) in [5, 5.41) is 16.5. The van der Waals surface area contributed by atoms with E-state index in [0.717, 1.165) is 0 Å². The van der Waals surface area contributed by atoms with Crippen LogP contribution in [0.4, 0.5) is 4.39 Å². The molecule has 0 fully saturated rings. The van der Waals surface area contributed by atoms with Crippen molar-refractivity contribution in [2.45, 2.75) is 12.5 Å². The molecule has 0 bridgehead atoms. The fourth-order valence-electron chi connectivity index (χ4n) is 0.382. The highest BCUT2D eigenvalue weighted by Crippen LogP contribution is 1.92. The zero-order chi connectivity index (χ0) is 7.28. The largest absolute Gasteiger partial charge is 0.390 e. The first-order valence-electron chi connectivity index (χ1n) is 2.57. The van der Waals surface area contributed by atoms with Crippen LogP contribution in [-0.4, -0.2) is 35.4 Å². The summed E-state index contributed by atoms with van der Waals surface area (Å²) in [7, 11) is 0. The number of rotatable bonds is 4. The normalized spacial score (nSPS) is 13.2. The molecular weight excluding hydrogens is 127 g/mol. The van der Waals surface area contributed by atoms with Crippen molar-refractivity contribution in [3.8, 4) is 0 Å². The van der Waals surface area contributed by atoms with Crippen LogP contribution >= 0.6 is 0 Å². The number of carbonyl (C=O) groups is 1. The molecule has 2 N–H and O–H groups in total. The van der Waals surface area contributed by atoms with Gasteiger partial charge >= 0.3 is 0 Å². The molecule has 0 spiro atoms. The summed E-state index contributed by atoms with van der Waals surface area (Å²) in [5.74, 6) is -0.542. The minimum absolute atomic E-state index is 0.299. The van der Waals surface area contributed by atoms with Crippen LogP contribution in [0.5, 0.6) is 0 Å². The van der Waals surface area contributed by atoms with Crippen LogP contribution in [0.2, 0.25) is 0 Å². The molecule has 1 atom stereocenters. The van der Waals surface area contributed by atoms with Gasteiger partial charge in [0.1, 0.15) is 13.3 Å². The van der Waals surface area contributed by atoms with Gasteiger partial charge in [0.05, 0.1) is 6.10 Å². The van der Waals surface area contributed by atoms with Gasteiger partial charge in [0.15, 0.2) is 5.78 Å². The van der Waals surface area contributed by atoms with Crippen LogP contribution in [0.3, 0.4) is 0 Å². The predicted octanol–water partition coefficient (Wildman–Crippen LogP) is -0.732. The highest BCUT2D eigenvalue weighted by atomic mass is 19.1. The van der Waals surface area contributed by atoms with Gasteiger partial charge in [-0.1, -0.05) is 0 Å². The Balaban J connectivity index is 3.34. The molecule has 54 valence electrons. The van der Waals surface area contributed by atoms with E-state index in [1.807, 2.05) is 0 Å². The Bertz CT molecular complexity index is 94.2. The molecule has 0 saturated heterocycles. The van der Waals surface area contributed by atoms with Crippen molar-refractivity contribution in [2.24, 2.45) is 0 Å². The maximum atomic E-state index is 11.4. The Morgan fingerprint density at radius 1 is 1.67 bits per heavy atom. The number of aliphatic hydroxyl groups excluding tert-OH is 2. The predicted molar refractivity (Wildman–Crippen MR) is 28.7 cm³/mol. The highest BCUT2D eigenvalue weighted by molar-refractivity contribution is 5.79. The third-order valence-electron chi connectivity index (χ3n) is 0.818.